The Hall–Kier alpha value is -1.54. The summed E-state index contributed by atoms with van der Waals surface area (Å²) in [4.78, 5) is 4.16. The first-order valence-electron chi connectivity index (χ1n) is 5.53. The fourth-order valence-electron chi connectivity index (χ4n) is 1.67. The van der Waals surface area contributed by atoms with Crippen LogP contribution in [-0.4, -0.2) is 12.1 Å². The summed E-state index contributed by atoms with van der Waals surface area (Å²) >= 11 is 6.05. The predicted molar refractivity (Wildman–Crippen MR) is 70.6 cm³/mol. The van der Waals surface area contributed by atoms with Gasteiger partial charge < -0.3 is 4.74 Å². The van der Waals surface area contributed by atoms with E-state index in [4.69, 9.17) is 16.3 Å². The third kappa shape index (κ3) is 2.59. The van der Waals surface area contributed by atoms with Crippen LogP contribution in [-0.2, 0) is 6.42 Å². The maximum absolute atomic E-state index is 6.05. The summed E-state index contributed by atoms with van der Waals surface area (Å²) < 4.78 is 5.03. The lowest BCUT2D eigenvalue weighted by Crippen LogP contribution is -1.89. The highest BCUT2D eigenvalue weighted by atomic mass is 35.5. The van der Waals surface area contributed by atoms with Gasteiger partial charge in [0.25, 0.3) is 0 Å². The number of hydrogen-bond acceptors (Lipinski definition) is 2. The van der Waals surface area contributed by atoms with Crippen LogP contribution in [0.5, 0.6) is 5.88 Å². The van der Waals surface area contributed by atoms with E-state index >= 15 is 0 Å². The normalized spacial score (nSPS) is 10.3. The number of benzene rings is 1. The molecule has 2 aromatic rings. The summed E-state index contributed by atoms with van der Waals surface area (Å²) in [6, 6.07) is 10.3. The van der Waals surface area contributed by atoms with Crippen molar-refractivity contribution in [1.82, 2.24) is 4.98 Å². The summed E-state index contributed by atoms with van der Waals surface area (Å²) in [5.41, 5.74) is 3.43. The van der Waals surface area contributed by atoms with Gasteiger partial charge in [-0.1, -0.05) is 42.8 Å². The molecule has 0 aliphatic rings. The van der Waals surface area contributed by atoms with Gasteiger partial charge in [0, 0.05) is 11.8 Å². The van der Waals surface area contributed by atoms with Gasteiger partial charge in [0.05, 0.1) is 7.11 Å². The van der Waals surface area contributed by atoms with Crippen LogP contribution < -0.4 is 4.74 Å². The molecule has 0 bridgehead atoms. The maximum atomic E-state index is 6.05. The summed E-state index contributed by atoms with van der Waals surface area (Å²) in [7, 11) is 1.56. The summed E-state index contributed by atoms with van der Waals surface area (Å²) in [6.45, 7) is 2.14. The molecule has 88 valence electrons. The monoisotopic (exact) mass is 247 g/mol. The quantitative estimate of drug-likeness (QED) is 0.819. The van der Waals surface area contributed by atoms with Crippen LogP contribution in [0.4, 0.5) is 0 Å². The molecule has 0 saturated heterocycles. The Morgan fingerprint density at radius 2 is 1.88 bits per heavy atom. The lowest BCUT2D eigenvalue weighted by molar-refractivity contribution is 0.398. The van der Waals surface area contributed by atoms with E-state index in [1.54, 1.807) is 13.3 Å². The van der Waals surface area contributed by atoms with E-state index in [9.17, 15) is 0 Å². The molecule has 1 aromatic carbocycles. The van der Waals surface area contributed by atoms with Crippen molar-refractivity contribution in [3.63, 3.8) is 0 Å². The number of ether oxygens (including phenoxy) is 1. The fourth-order valence-corrected chi connectivity index (χ4v) is 1.91. The van der Waals surface area contributed by atoms with E-state index in [1.165, 1.54) is 5.56 Å². The highest BCUT2D eigenvalue weighted by Crippen LogP contribution is 2.27. The number of aromatic nitrogens is 1. The smallest absolute Gasteiger partial charge is 0.232 e. The van der Waals surface area contributed by atoms with Crippen molar-refractivity contribution in [3.05, 3.63) is 47.1 Å². The number of aryl methyl sites for hydroxylation is 1. The second-order valence-electron chi connectivity index (χ2n) is 3.77. The minimum atomic E-state index is 0.459. The van der Waals surface area contributed by atoms with Crippen molar-refractivity contribution >= 4 is 11.6 Å². The zero-order chi connectivity index (χ0) is 12.3. The Morgan fingerprint density at radius 1 is 1.18 bits per heavy atom. The van der Waals surface area contributed by atoms with Crippen molar-refractivity contribution in [2.24, 2.45) is 0 Å². The molecular weight excluding hydrogens is 234 g/mol. The molecule has 2 rings (SSSR count). The van der Waals surface area contributed by atoms with Crippen LogP contribution in [0.25, 0.3) is 11.1 Å². The van der Waals surface area contributed by atoms with Crippen molar-refractivity contribution in [1.29, 1.82) is 0 Å². The van der Waals surface area contributed by atoms with Crippen LogP contribution in [0, 0.1) is 0 Å². The van der Waals surface area contributed by atoms with Gasteiger partial charge in [0.15, 0.2) is 0 Å². The second-order valence-corrected chi connectivity index (χ2v) is 4.17. The summed E-state index contributed by atoms with van der Waals surface area (Å²) in [5.74, 6) is 0.459. The Kier molecular flexibility index (Phi) is 3.64. The number of halogens is 1. The molecule has 0 saturated carbocycles. The number of hydrogen-bond donors (Lipinski definition) is 0. The average Bonchev–Trinajstić information content (AvgIpc) is 2.39. The van der Waals surface area contributed by atoms with Gasteiger partial charge >= 0.3 is 0 Å². The first kappa shape index (κ1) is 11.9. The van der Waals surface area contributed by atoms with Crippen molar-refractivity contribution in [3.8, 4) is 17.0 Å². The highest BCUT2D eigenvalue weighted by molar-refractivity contribution is 6.32. The Balaban J connectivity index is 2.35. The van der Waals surface area contributed by atoms with Crippen molar-refractivity contribution in [2.45, 2.75) is 13.3 Å². The Labute approximate surface area is 106 Å². The van der Waals surface area contributed by atoms with Crippen LogP contribution >= 0.6 is 11.6 Å². The SMILES string of the molecule is CCc1ccc(-c2cnc(OC)c(Cl)c2)cc1. The molecule has 0 amide bonds. The average molecular weight is 248 g/mol. The van der Waals surface area contributed by atoms with E-state index in [0.717, 1.165) is 17.5 Å². The number of methoxy groups -OCH3 is 1. The van der Waals surface area contributed by atoms with Crippen LogP contribution in [0.2, 0.25) is 5.02 Å². The van der Waals surface area contributed by atoms with Gasteiger partial charge in [0.2, 0.25) is 5.88 Å². The van der Waals surface area contributed by atoms with Crippen LogP contribution in [0.1, 0.15) is 12.5 Å². The van der Waals surface area contributed by atoms with E-state index in [0.29, 0.717) is 10.9 Å². The molecule has 1 heterocycles. The molecule has 0 fully saturated rings. The van der Waals surface area contributed by atoms with E-state index in [1.807, 2.05) is 6.07 Å². The number of nitrogens with zero attached hydrogens (tertiary/aromatic N) is 1. The fraction of sp³-hybridized carbons (Fsp3) is 0.214. The minimum Gasteiger partial charge on any atom is -0.480 e. The molecule has 0 radical (unpaired) electrons. The molecule has 0 unspecified atom stereocenters. The van der Waals surface area contributed by atoms with E-state index in [-0.39, 0.29) is 0 Å². The highest BCUT2D eigenvalue weighted by Gasteiger charge is 2.05. The van der Waals surface area contributed by atoms with Crippen LogP contribution in [0.3, 0.4) is 0 Å². The second kappa shape index (κ2) is 5.19. The van der Waals surface area contributed by atoms with Gasteiger partial charge in [-0.05, 0) is 23.6 Å². The predicted octanol–water partition coefficient (Wildman–Crippen LogP) is 3.97. The van der Waals surface area contributed by atoms with Gasteiger partial charge in [-0.15, -0.1) is 0 Å². The molecule has 1 aromatic heterocycles. The lowest BCUT2D eigenvalue weighted by Gasteiger charge is -2.06. The van der Waals surface area contributed by atoms with Gasteiger partial charge in [0.1, 0.15) is 5.02 Å². The first-order valence-corrected chi connectivity index (χ1v) is 5.91. The summed E-state index contributed by atoms with van der Waals surface area (Å²) in [6.07, 6.45) is 2.81. The largest absolute Gasteiger partial charge is 0.480 e. The number of pyridine rings is 1. The lowest BCUT2D eigenvalue weighted by atomic mass is 10.0. The maximum Gasteiger partial charge on any atom is 0.232 e. The first-order chi connectivity index (χ1) is 8.24. The van der Waals surface area contributed by atoms with E-state index < -0.39 is 0 Å². The molecule has 2 nitrogen and oxygen atoms in total. The molecule has 0 N–H and O–H groups in total. The third-order valence-electron chi connectivity index (χ3n) is 2.70. The molecule has 0 atom stereocenters. The zero-order valence-corrected chi connectivity index (χ0v) is 10.7. The van der Waals surface area contributed by atoms with Gasteiger partial charge in [-0.25, -0.2) is 4.98 Å². The molecular formula is C14H14ClNO. The van der Waals surface area contributed by atoms with Gasteiger partial charge in [-0.2, -0.15) is 0 Å². The minimum absolute atomic E-state index is 0.459. The molecule has 0 aliphatic heterocycles. The molecule has 0 aliphatic carbocycles. The molecule has 0 spiro atoms. The standard InChI is InChI=1S/C14H14ClNO/c1-3-10-4-6-11(7-5-10)12-8-13(15)14(17-2)16-9-12/h4-9H,3H2,1-2H3. The van der Waals surface area contributed by atoms with Crippen LogP contribution in [0.15, 0.2) is 36.5 Å². The Bertz CT molecular complexity index is 508. The molecule has 3 heteroatoms. The number of rotatable bonds is 3. The van der Waals surface area contributed by atoms with Crippen molar-refractivity contribution in [2.75, 3.05) is 7.11 Å². The Morgan fingerprint density at radius 3 is 2.41 bits per heavy atom. The molecule has 17 heavy (non-hydrogen) atoms. The topological polar surface area (TPSA) is 22.1 Å². The van der Waals surface area contributed by atoms with Crippen molar-refractivity contribution < 1.29 is 4.74 Å². The van der Waals surface area contributed by atoms with Gasteiger partial charge in [-0.3, -0.25) is 0 Å². The summed E-state index contributed by atoms with van der Waals surface area (Å²) in [5, 5.41) is 0.532. The van der Waals surface area contributed by atoms with E-state index in [2.05, 4.69) is 36.2 Å². The third-order valence-corrected chi connectivity index (χ3v) is 2.97. The zero-order valence-electron chi connectivity index (χ0n) is 9.90.